The van der Waals surface area contributed by atoms with Crippen LogP contribution >= 0.6 is 0 Å². The summed E-state index contributed by atoms with van der Waals surface area (Å²) in [6, 6.07) is 20.8. The van der Waals surface area contributed by atoms with E-state index in [1.807, 2.05) is 63.2 Å². The molecular weight excluding hydrogens is 631 g/mol. The normalized spacial score (nSPS) is 15.7. The van der Waals surface area contributed by atoms with Gasteiger partial charge in [-0.15, -0.1) is 0 Å². The highest BCUT2D eigenvalue weighted by molar-refractivity contribution is 6.76. The summed E-state index contributed by atoms with van der Waals surface area (Å²) in [7, 11) is -1.37. The topological polar surface area (TPSA) is 100 Å². The van der Waals surface area contributed by atoms with E-state index in [1.165, 1.54) is 0 Å². The van der Waals surface area contributed by atoms with Gasteiger partial charge in [-0.3, -0.25) is 0 Å². The van der Waals surface area contributed by atoms with Crippen molar-refractivity contribution in [2.75, 3.05) is 26.3 Å². The number of aromatic amines is 1. The van der Waals surface area contributed by atoms with Gasteiger partial charge in [0.05, 0.1) is 34.9 Å². The van der Waals surface area contributed by atoms with Crippen molar-refractivity contribution >= 4 is 25.2 Å². The van der Waals surface area contributed by atoms with Gasteiger partial charge in [-0.25, -0.2) is 18.6 Å². The van der Waals surface area contributed by atoms with Crippen LogP contribution in [0.15, 0.2) is 60.7 Å². The van der Waals surface area contributed by atoms with Gasteiger partial charge in [0, 0.05) is 39.9 Å². The van der Waals surface area contributed by atoms with Crippen molar-refractivity contribution in [3.05, 3.63) is 89.2 Å². The maximum Gasteiger partial charge on any atom is 0.410 e. The Morgan fingerprint density at radius 1 is 1.04 bits per heavy atom. The zero-order valence-electron chi connectivity index (χ0n) is 28.5. The molecule has 2 heterocycles. The first-order chi connectivity index (χ1) is 22.6. The third-order valence-electron chi connectivity index (χ3n) is 8.44. The molecule has 1 aliphatic heterocycles. The van der Waals surface area contributed by atoms with Gasteiger partial charge in [-0.1, -0.05) is 56.0 Å². The monoisotopic (exact) mass is 674 g/mol. The summed E-state index contributed by atoms with van der Waals surface area (Å²) in [4.78, 5) is 22.5. The molecule has 0 aliphatic carbocycles. The van der Waals surface area contributed by atoms with Crippen molar-refractivity contribution in [2.24, 2.45) is 0 Å². The number of hydrogen-bond acceptors (Lipinski definition) is 6. The quantitative estimate of drug-likeness (QED) is 0.133. The van der Waals surface area contributed by atoms with Gasteiger partial charge < -0.3 is 24.1 Å². The van der Waals surface area contributed by atoms with Crippen molar-refractivity contribution in [3.8, 4) is 17.2 Å². The standard InChI is InChI=1S/C37H44F2N4O4Si/c1-36(2,3)47-35(44)43-16-14-37(15-17-43,28-12-10-26(11-13-28)27-9-7-8-25(20-27)23-40)46-33(24-45-18-19-48(4,5)6)34-41-31-21-29(38)30(39)22-32(31)42-34/h7-13,20-22,33H,14-19,24H2,1-6H3,(H,41,42). The number of carbonyl (C=O) groups is 1. The molecule has 4 aromatic rings. The van der Waals surface area contributed by atoms with Crippen LogP contribution in [0.1, 0.15) is 56.7 Å². The van der Waals surface area contributed by atoms with Gasteiger partial charge in [-0.05, 0) is 68.5 Å². The Kier molecular flexibility index (Phi) is 10.4. The molecule has 1 saturated heterocycles. The molecule has 5 rings (SSSR count). The summed E-state index contributed by atoms with van der Waals surface area (Å²) in [5.41, 5.74) is 2.53. The van der Waals surface area contributed by atoms with Gasteiger partial charge in [0.15, 0.2) is 11.6 Å². The molecule has 48 heavy (non-hydrogen) atoms. The average molecular weight is 675 g/mol. The molecule has 1 atom stereocenters. The smallest absolute Gasteiger partial charge is 0.410 e. The van der Waals surface area contributed by atoms with E-state index in [2.05, 4.69) is 35.7 Å². The zero-order valence-corrected chi connectivity index (χ0v) is 29.5. The van der Waals surface area contributed by atoms with Crippen molar-refractivity contribution in [3.63, 3.8) is 0 Å². The highest BCUT2D eigenvalue weighted by atomic mass is 28.3. The van der Waals surface area contributed by atoms with E-state index in [0.29, 0.717) is 49.4 Å². The zero-order chi connectivity index (χ0) is 34.7. The van der Waals surface area contributed by atoms with Gasteiger partial charge >= 0.3 is 6.09 Å². The number of nitriles is 1. The van der Waals surface area contributed by atoms with Gasteiger partial charge in [0.2, 0.25) is 0 Å². The summed E-state index contributed by atoms with van der Waals surface area (Å²) in [6.45, 7) is 13.9. The molecule has 1 amide bonds. The van der Waals surface area contributed by atoms with Gasteiger partial charge in [-0.2, -0.15) is 5.26 Å². The SMILES string of the molecule is CC(C)(C)OC(=O)N1CCC(OC(COCC[Si](C)(C)C)c2nc3cc(F)c(F)cc3[nH]2)(c2ccc(-c3cccc(C#N)c3)cc2)CC1. The fourth-order valence-corrected chi connectivity index (χ4v) is 6.53. The molecule has 1 fully saturated rings. The lowest BCUT2D eigenvalue weighted by atomic mass is 9.83. The number of likely N-dealkylation sites (tertiary alicyclic amines) is 1. The number of aromatic nitrogens is 2. The summed E-state index contributed by atoms with van der Waals surface area (Å²) in [5.74, 6) is -1.54. The first-order valence-electron chi connectivity index (χ1n) is 16.3. The highest BCUT2D eigenvalue weighted by Gasteiger charge is 2.42. The number of carbonyl (C=O) groups excluding carboxylic acids is 1. The molecule has 8 nitrogen and oxygen atoms in total. The molecule has 0 saturated carbocycles. The molecule has 1 aromatic heterocycles. The number of piperidine rings is 1. The molecule has 1 aliphatic rings. The van der Waals surface area contributed by atoms with Gasteiger partial charge in [0.25, 0.3) is 0 Å². The molecule has 254 valence electrons. The number of ether oxygens (including phenoxy) is 3. The summed E-state index contributed by atoms with van der Waals surface area (Å²) in [5, 5.41) is 9.39. The summed E-state index contributed by atoms with van der Waals surface area (Å²) < 4.78 is 47.2. The molecule has 0 spiro atoms. The van der Waals surface area contributed by atoms with E-state index in [9.17, 15) is 18.8 Å². The number of hydrogen-bond donors (Lipinski definition) is 1. The molecule has 0 bridgehead atoms. The van der Waals surface area contributed by atoms with Crippen LogP contribution in [0.2, 0.25) is 25.7 Å². The Hall–Kier alpha value is -4.11. The Morgan fingerprint density at radius 2 is 1.73 bits per heavy atom. The number of nitrogens with one attached hydrogen (secondary N) is 1. The van der Waals surface area contributed by atoms with Crippen molar-refractivity contribution < 1.29 is 27.8 Å². The van der Waals surface area contributed by atoms with Crippen LogP contribution in [-0.2, 0) is 19.8 Å². The Bertz CT molecular complexity index is 1740. The van der Waals surface area contributed by atoms with Crippen molar-refractivity contribution in [1.29, 1.82) is 5.26 Å². The van der Waals surface area contributed by atoms with E-state index in [-0.39, 0.29) is 18.2 Å². The fraction of sp³-hybridized carbons (Fsp3) is 0.432. The third kappa shape index (κ3) is 8.67. The van der Waals surface area contributed by atoms with Crippen molar-refractivity contribution in [1.82, 2.24) is 14.9 Å². The maximum atomic E-state index is 14.1. The highest BCUT2D eigenvalue weighted by Crippen LogP contribution is 2.42. The predicted octanol–water partition coefficient (Wildman–Crippen LogP) is 8.72. The van der Waals surface area contributed by atoms with Crippen LogP contribution in [0.5, 0.6) is 0 Å². The van der Waals surface area contributed by atoms with Crippen LogP contribution in [0.3, 0.4) is 0 Å². The minimum Gasteiger partial charge on any atom is -0.444 e. The van der Waals surface area contributed by atoms with E-state index in [4.69, 9.17) is 14.2 Å². The first kappa shape index (κ1) is 35.2. The third-order valence-corrected chi connectivity index (χ3v) is 10.1. The number of fused-ring (bicyclic) bond motifs is 1. The lowest BCUT2D eigenvalue weighted by Gasteiger charge is -2.43. The second kappa shape index (κ2) is 14.2. The fourth-order valence-electron chi connectivity index (χ4n) is 5.77. The first-order valence-corrected chi connectivity index (χ1v) is 20.0. The molecule has 0 radical (unpaired) electrons. The number of imidazole rings is 1. The Balaban J connectivity index is 1.49. The summed E-state index contributed by atoms with van der Waals surface area (Å²) in [6.07, 6.45) is -0.156. The summed E-state index contributed by atoms with van der Waals surface area (Å²) >= 11 is 0. The Labute approximate surface area is 282 Å². The van der Waals surface area contributed by atoms with Crippen LogP contribution in [-0.4, -0.2) is 60.9 Å². The van der Waals surface area contributed by atoms with Crippen LogP contribution in [0.4, 0.5) is 13.6 Å². The Morgan fingerprint density at radius 3 is 2.38 bits per heavy atom. The van der Waals surface area contributed by atoms with Crippen molar-refractivity contribution in [2.45, 2.75) is 76.6 Å². The number of H-pyrrole nitrogens is 1. The van der Waals surface area contributed by atoms with Gasteiger partial charge in [0.1, 0.15) is 17.5 Å². The van der Waals surface area contributed by atoms with Crippen LogP contribution in [0.25, 0.3) is 22.2 Å². The largest absolute Gasteiger partial charge is 0.444 e. The minimum absolute atomic E-state index is 0.172. The number of halogens is 2. The lowest BCUT2D eigenvalue weighted by Crippen LogP contribution is -2.48. The molecule has 1 N–H and O–H groups in total. The van der Waals surface area contributed by atoms with E-state index >= 15 is 0 Å². The number of amides is 1. The number of nitrogens with zero attached hydrogens (tertiary/aromatic N) is 3. The molecule has 1 unspecified atom stereocenters. The molecular formula is C37H44F2N4O4Si. The second-order valence-corrected chi connectivity index (χ2v) is 20.3. The maximum absolute atomic E-state index is 14.1. The van der Waals surface area contributed by atoms with E-state index in [0.717, 1.165) is 34.9 Å². The van der Waals surface area contributed by atoms with Crippen LogP contribution < -0.4 is 0 Å². The van der Waals surface area contributed by atoms with Crippen LogP contribution in [0, 0.1) is 23.0 Å². The molecule has 3 aromatic carbocycles. The average Bonchev–Trinajstić information content (AvgIpc) is 3.44. The minimum atomic E-state index is -1.37. The predicted molar refractivity (Wildman–Crippen MR) is 184 cm³/mol. The molecule has 11 heteroatoms. The number of benzene rings is 3. The van der Waals surface area contributed by atoms with E-state index < -0.39 is 37.0 Å². The number of rotatable bonds is 10. The van der Waals surface area contributed by atoms with E-state index in [1.54, 1.807) is 11.0 Å². The second-order valence-electron chi connectivity index (χ2n) is 14.6. The lowest BCUT2D eigenvalue weighted by molar-refractivity contribution is -0.151.